The molecule has 0 spiro atoms. The van der Waals surface area contributed by atoms with E-state index in [-0.39, 0.29) is 6.10 Å². The van der Waals surface area contributed by atoms with E-state index >= 15 is 0 Å². The van der Waals surface area contributed by atoms with Gasteiger partial charge in [0.2, 0.25) is 0 Å². The zero-order chi connectivity index (χ0) is 12.1. The number of alkyl halides is 1. The fourth-order valence-corrected chi connectivity index (χ4v) is 1.17. The van der Waals surface area contributed by atoms with E-state index in [1.807, 2.05) is 13.8 Å². The quantitative estimate of drug-likeness (QED) is 0.407. The van der Waals surface area contributed by atoms with Crippen LogP contribution in [0.4, 0.5) is 0 Å². The van der Waals surface area contributed by atoms with Crippen molar-refractivity contribution in [2.24, 2.45) is 0 Å². The van der Waals surface area contributed by atoms with Crippen molar-refractivity contribution in [1.29, 1.82) is 0 Å². The van der Waals surface area contributed by atoms with Crippen molar-refractivity contribution in [2.45, 2.75) is 20.0 Å². The van der Waals surface area contributed by atoms with Crippen molar-refractivity contribution < 1.29 is 18.9 Å². The molecule has 0 rings (SSSR count). The van der Waals surface area contributed by atoms with Gasteiger partial charge in [0.25, 0.3) is 0 Å². The van der Waals surface area contributed by atoms with Gasteiger partial charge < -0.3 is 18.9 Å². The molecule has 0 bridgehead atoms. The molecule has 0 aromatic heterocycles. The van der Waals surface area contributed by atoms with Crippen LogP contribution in [0, 0.1) is 0 Å². The second-order valence-electron chi connectivity index (χ2n) is 3.45. The van der Waals surface area contributed by atoms with E-state index in [0.29, 0.717) is 39.6 Å². The van der Waals surface area contributed by atoms with Gasteiger partial charge in [0.1, 0.15) is 0 Å². The van der Waals surface area contributed by atoms with E-state index < -0.39 is 0 Å². The summed E-state index contributed by atoms with van der Waals surface area (Å²) in [7, 11) is 0. The average molecular weight is 299 g/mol. The zero-order valence-electron chi connectivity index (χ0n) is 10.2. The highest BCUT2D eigenvalue weighted by atomic mass is 79.9. The molecule has 0 aliphatic rings. The Hall–Kier alpha value is 0.320. The van der Waals surface area contributed by atoms with Gasteiger partial charge in [-0.1, -0.05) is 15.9 Å². The van der Waals surface area contributed by atoms with Crippen LogP contribution in [0.1, 0.15) is 13.8 Å². The fourth-order valence-electron chi connectivity index (χ4n) is 0.939. The van der Waals surface area contributed by atoms with Crippen LogP contribution < -0.4 is 0 Å². The first-order valence-electron chi connectivity index (χ1n) is 5.68. The van der Waals surface area contributed by atoms with Gasteiger partial charge in [0, 0.05) is 5.33 Å². The van der Waals surface area contributed by atoms with Gasteiger partial charge in [-0.2, -0.15) is 0 Å². The summed E-state index contributed by atoms with van der Waals surface area (Å²) in [6.07, 6.45) is 0.270. The highest BCUT2D eigenvalue weighted by Gasteiger charge is 1.93. The van der Waals surface area contributed by atoms with E-state index in [4.69, 9.17) is 18.9 Å². The lowest BCUT2D eigenvalue weighted by atomic mass is 10.5. The number of halogens is 1. The van der Waals surface area contributed by atoms with Crippen LogP contribution in [0.3, 0.4) is 0 Å². The summed E-state index contributed by atoms with van der Waals surface area (Å²) < 4.78 is 21.2. The maximum Gasteiger partial charge on any atom is 0.0703 e. The summed E-state index contributed by atoms with van der Waals surface area (Å²) in [6.45, 7) is 8.51. The Morgan fingerprint density at radius 1 is 0.750 bits per heavy atom. The van der Waals surface area contributed by atoms with Crippen LogP contribution in [-0.2, 0) is 18.9 Å². The van der Waals surface area contributed by atoms with Gasteiger partial charge in [-0.05, 0) is 13.8 Å². The predicted octanol–water partition coefficient (Wildman–Crippen LogP) is 1.86. The second-order valence-corrected chi connectivity index (χ2v) is 4.24. The summed E-state index contributed by atoms with van der Waals surface area (Å²) in [4.78, 5) is 0. The number of hydrogen-bond donors (Lipinski definition) is 0. The molecule has 0 fully saturated rings. The van der Waals surface area contributed by atoms with Crippen molar-refractivity contribution in [2.75, 3.05) is 51.6 Å². The molecule has 4 nitrogen and oxygen atoms in total. The van der Waals surface area contributed by atoms with Crippen molar-refractivity contribution in [3.8, 4) is 0 Å². The van der Waals surface area contributed by atoms with Gasteiger partial charge in [-0.3, -0.25) is 0 Å². The van der Waals surface area contributed by atoms with Crippen molar-refractivity contribution in [3.63, 3.8) is 0 Å². The highest BCUT2D eigenvalue weighted by Crippen LogP contribution is 1.88. The molecule has 0 aromatic carbocycles. The zero-order valence-corrected chi connectivity index (χ0v) is 11.8. The monoisotopic (exact) mass is 298 g/mol. The lowest BCUT2D eigenvalue weighted by Gasteiger charge is -2.08. The summed E-state index contributed by atoms with van der Waals surface area (Å²) in [6, 6.07) is 0. The van der Waals surface area contributed by atoms with Crippen LogP contribution >= 0.6 is 15.9 Å². The van der Waals surface area contributed by atoms with Crippen LogP contribution in [0.15, 0.2) is 0 Å². The molecule has 0 saturated carbocycles. The third-order valence-electron chi connectivity index (χ3n) is 1.64. The first-order valence-corrected chi connectivity index (χ1v) is 6.80. The smallest absolute Gasteiger partial charge is 0.0703 e. The Labute approximate surface area is 107 Å². The summed E-state index contributed by atoms with van der Waals surface area (Å²) >= 11 is 3.28. The third-order valence-corrected chi connectivity index (χ3v) is 1.97. The Balaban J connectivity index is 2.88. The van der Waals surface area contributed by atoms with Crippen LogP contribution in [0.5, 0.6) is 0 Å². The van der Waals surface area contributed by atoms with E-state index in [0.717, 1.165) is 11.9 Å². The summed E-state index contributed by atoms with van der Waals surface area (Å²) in [5.41, 5.74) is 0. The average Bonchev–Trinajstić information content (AvgIpc) is 2.25. The van der Waals surface area contributed by atoms with Crippen molar-refractivity contribution in [3.05, 3.63) is 0 Å². The predicted molar refractivity (Wildman–Crippen MR) is 67.3 cm³/mol. The summed E-state index contributed by atoms with van der Waals surface area (Å²) in [5.74, 6) is 0. The SMILES string of the molecule is CC(C)OCCOCCOCCOCCBr. The third kappa shape index (κ3) is 14.3. The first-order chi connectivity index (χ1) is 7.77. The molecular weight excluding hydrogens is 276 g/mol. The molecule has 0 aliphatic carbocycles. The Kier molecular flexibility index (Phi) is 13.7. The molecule has 98 valence electrons. The molecule has 0 N–H and O–H groups in total. The Morgan fingerprint density at radius 3 is 1.62 bits per heavy atom. The Bertz CT molecular complexity index is 133. The molecule has 5 heteroatoms. The maximum atomic E-state index is 5.32. The molecule has 0 heterocycles. The van der Waals surface area contributed by atoms with E-state index in [1.54, 1.807) is 0 Å². The Morgan fingerprint density at radius 2 is 1.19 bits per heavy atom. The number of ether oxygens (including phenoxy) is 4. The van der Waals surface area contributed by atoms with Gasteiger partial charge in [-0.25, -0.2) is 0 Å². The van der Waals surface area contributed by atoms with Gasteiger partial charge in [-0.15, -0.1) is 0 Å². The second kappa shape index (κ2) is 13.4. The topological polar surface area (TPSA) is 36.9 Å². The molecule has 0 unspecified atom stereocenters. The lowest BCUT2D eigenvalue weighted by Crippen LogP contribution is -2.13. The fraction of sp³-hybridized carbons (Fsp3) is 1.00. The first kappa shape index (κ1) is 16.3. The van der Waals surface area contributed by atoms with Gasteiger partial charge >= 0.3 is 0 Å². The lowest BCUT2D eigenvalue weighted by molar-refractivity contribution is -0.0106. The number of hydrogen-bond acceptors (Lipinski definition) is 4. The molecule has 0 atom stereocenters. The van der Waals surface area contributed by atoms with Crippen molar-refractivity contribution >= 4 is 15.9 Å². The largest absolute Gasteiger partial charge is 0.378 e. The normalized spacial score (nSPS) is 11.2. The molecule has 16 heavy (non-hydrogen) atoms. The van der Waals surface area contributed by atoms with Gasteiger partial charge in [0.05, 0.1) is 52.4 Å². The van der Waals surface area contributed by atoms with Crippen LogP contribution in [-0.4, -0.2) is 57.7 Å². The van der Waals surface area contributed by atoms with Gasteiger partial charge in [0.15, 0.2) is 0 Å². The van der Waals surface area contributed by atoms with Crippen LogP contribution in [0.25, 0.3) is 0 Å². The molecular formula is C11H23BrO4. The number of rotatable bonds is 12. The highest BCUT2D eigenvalue weighted by molar-refractivity contribution is 9.09. The summed E-state index contributed by atoms with van der Waals surface area (Å²) in [5, 5.41) is 0.867. The van der Waals surface area contributed by atoms with E-state index in [2.05, 4.69) is 15.9 Å². The van der Waals surface area contributed by atoms with Crippen LogP contribution in [0.2, 0.25) is 0 Å². The molecule has 0 radical (unpaired) electrons. The van der Waals surface area contributed by atoms with E-state index in [1.165, 1.54) is 0 Å². The minimum absolute atomic E-state index is 0.270. The maximum absolute atomic E-state index is 5.32. The minimum Gasteiger partial charge on any atom is -0.378 e. The molecule has 0 amide bonds. The molecule has 0 saturated heterocycles. The standard InChI is InChI=1S/C11H23BrO4/c1-11(2)16-10-9-15-8-7-14-6-5-13-4-3-12/h11H,3-10H2,1-2H3. The molecule has 0 aliphatic heterocycles. The van der Waals surface area contributed by atoms with Crippen molar-refractivity contribution in [1.82, 2.24) is 0 Å². The minimum atomic E-state index is 0.270. The molecule has 0 aromatic rings. The van der Waals surface area contributed by atoms with E-state index in [9.17, 15) is 0 Å².